The lowest BCUT2D eigenvalue weighted by atomic mass is 9.98. The van der Waals surface area contributed by atoms with Crippen molar-refractivity contribution in [3.8, 4) is 0 Å². The molecule has 34 heavy (non-hydrogen) atoms. The summed E-state index contributed by atoms with van der Waals surface area (Å²) in [6.45, 7) is 4.62. The van der Waals surface area contributed by atoms with Gasteiger partial charge in [0.05, 0.1) is 21.7 Å². The molecule has 0 saturated carbocycles. The van der Waals surface area contributed by atoms with Crippen LogP contribution >= 0.6 is 0 Å². The van der Waals surface area contributed by atoms with Crippen LogP contribution in [0, 0.1) is 16.0 Å². The van der Waals surface area contributed by atoms with Crippen molar-refractivity contribution in [2.24, 2.45) is 5.92 Å². The Kier molecular flexibility index (Phi) is 7.43. The van der Waals surface area contributed by atoms with Crippen LogP contribution in [-0.4, -0.2) is 36.0 Å². The topological polar surface area (TPSA) is 102 Å². The van der Waals surface area contributed by atoms with Gasteiger partial charge in [0.2, 0.25) is 0 Å². The normalized spacial score (nSPS) is 15.5. The molecule has 1 heterocycles. The van der Waals surface area contributed by atoms with Gasteiger partial charge in [0.15, 0.2) is 6.10 Å². The Hall–Kier alpha value is -3.63. The first kappa shape index (κ1) is 25.0. The van der Waals surface area contributed by atoms with Gasteiger partial charge in [0.1, 0.15) is 5.69 Å². The van der Waals surface area contributed by atoms with Crippen LogP contribution < -0.4 is 10.2 Å². The number of hydrogen-bond donors (Lipinski definition) is 1. The van der Waals surface area contributed by atoms with Crippen LogP contribution in [0.25, 0.3) is 0 Å². The van der Waals surface area contributed by atoms with Gasteiger partial charge in [-0.3, -0.25) is 14.9 Å². The second-order valence-corrected chi connectivity index (χ2v) is 8.21. The summed E-state index contributed by atoms with van der Waals surface area (Å²) in [5, 5.41) is 13.7. The van der Waals surface area contributed by atoms with Crippen LogP contribution in [0.2, 0.25) is 0 Å². The number of carbonyl (C=O) groups is 2. The second kappa shape index (κ2) is 10.1. The number of alkyl halides is 3. The van der Waals surface area contributed by atoms with E-state index in [9.17, 15) is 32.9 Å². The molecule has 1 fully saturated rings. The Morgan fingerprint density at radius 1 is 1.18 bits per heavy atom. The highest BCUT2D eigenvalue weighted by atomic mass is 19.4. The molecule has 0 spiro atoms. The lowest BCUT2D eigenvalue weighted by Crippen LogP contribution is -2.33. The number of esters is 1. The number of hydrogen-bond acceptors (Lipinski definition) is 6. The molecule has 8 nitrogen and oxygen atoms in total. The summed E-state index contributed by atoms with van der Waals surface area (Å²) < 4.78 is 44.4. The predicted octanol–water partition coefficient (Wildman–Crippen LogP) is 5.03. The van der Waals surface area contributed by atoms with Gasteiger partial charge in [0.25, 0.3) is 11.6 Å². The third kappa shape index (κ3) is 5.83. The fourth-order valence-corrected chi connectivity index (χ4v) is 3.67. The summed E-state index contributed by atoms with van der Waals surface area (Å²) in [5.74, 6) is -1.45. The van der Waals surface area contributed by atoms with E-state index in [1.54, 1.807) is 0 Å². The lowest BCUT2D eigenvalue weighted by molar-refractivity contribution is -0.384. The van der Waals surface area contributed by atoms with Gasteiger partial charge in [0, 0.05) is 19.2 Å². The van der Waals surface area contributed by atoms with Crippen molar-refractivity contribution >= 4 is 28.9 Å². The summed E-state index contributed by atoms with van der Waals surface area (Å²) in [6, 6.07) is 8.32. The van der Waals surface area contributed by atoms with E-state index < -0.39 is 40.3 Å². The number of nitrogens with one attached hydrogen (secondary N) is 1. The van der Waals surface area contributed by atoms with Crippen molar-refractivity contribution in [1.82, 2.24) is 0 Å². The van der Waals surface area contributed by atoms with Crippen molar-refractivity contribution in [2.45, 2.75) is 39.0 Å². The molecule has 11 heteroatoms. The number of carbonyl (C=O) groups excluding carboxylic acids is 2. The van der Waals surface area contributed by atoms with E-state index in [4.69, 9.17) is 4.74 Å². The first-order valence-electron chi connectivity index (χ1n) is 10.7. The molecule has 0 aromatic heterocycles. The van der Waals surface area contributed by atoms with E-state index >= 15 is 0 Å². The lowest BCUT2D eigenvalue weighted by Gasteiger charge is -2.31. The Bertz CT molecular complexity index is 1080. The number of nitro groups is 1. The molecule has 0 aliphatic carbocycles. The van der Waals surface area contributed by atoms with Crippen LogP contribution in [0.4, 0.5) is 30.2 Å². The molecule has 0 bridgehead atoms. The maximum absolute atomic E-state index is 13.1. The number of piperidine rings is 1. The summed E-state index contributed by atoms with van der Waals surface area (Å²) in [5.41, 5.74) is -1.53. The quantitative estimate of drug-likeness (QED) is 0.354. The molecule has 0 radical (unpaired) electrons. The van der Waals surface area contributed by atoms with Crippen molar-refractivity contribution in [1.29, 1.82) is 0 Å². The number of rotatable bonds is 6. The van der Waals surface area contributed by atoms with Gasteiger partial charge in [-0.2, -0.15) is 13.2 Å². The standard InChI is InChI=1S/C23H24F3N3O5/c1-14-9-11-28(12-10-14)19-8-7-16(13-20(19)29(32)33)22(31)34-15(2)21(30)27-18-6-4-3-5-17(18)23(24,25)26/h3-8,13-15H,9-12H2,1-2H3,(H,27,30). The maximum atomic E-state index is 13.1. The minimum Gasteiger partial charge on any atom is -0.449 e. The first-order valence-corrected chi connectivity index (χ1v) is 10.7. The minimum atomic E-state index is -4.68. The highest BCUT2D eigenvalue weighted by Crippen LogP contribution is 2.35. The van der Waals surface area contributed by atoms with Gasteiger partial charge >= 0.3 is 12.1 Å². The number of benzene rings is 2. The Morgan fingerprint density at radius 3 is 2.44 bits per heavy atom. The molecule has 1 saturated heterocycles. The third-order valence-electron chi connectivity index (χ3n) is 5.68. The average Bonchev–Trinajstić information content (AvgIpc) is 2.78. The zero-order valence-corrected chi connectivity index (χ0v) is 18.6. The number of amides is 1. The average molecular weight is 479 g/mol. The molecule has 1 atom stereocenters. The molecule has 3 rings (SSSR count). The fraction of sp³-hybridized carbons (Fsp3) is 0.391. The van der Waals surface area contributed by atoms with E-state index in [1.165, 1.54) is 31.2 Å². The smallest absolute Gasteiger partial charge is 0.418 e. The molecule has 1 aliphatic heterocycles. The van der Waals surface area contributed by atoms with Gasteiger partial charge in [-0.25, -0.2) is 4.79 Å². The molecular formula is C23H24F3N3O5. The van der Waals surface area contributed by atoms with E-state index in [2.05, 4.69) is 12.2 Å². The third-order valence-corrected chi connectivity index (χ3v) is 5.68. The van der Waals surface area contributed by atoms with Gasteiger partial charge in [-0.1, -0.05) is 19.1 Å². The molecule has 1 aliphatic rings. The number of halogens is 3. The molecule has 2 aromatic carbocycles. The minimum absolute atomic E-state index is 0.142. The number of nitrogens with zero attached hydrogens (tertiary/aromatic N) is 2. The Labute approximate surface area is 193 Å². The zero-order chi connectivity index (χ0) is 25.0. The van der Waals surface area contributed by atoms with Crippen LogP contribution in [0.5, 0.6) is 0 Å². The SMILES string of the molecule is CC1CCN(c2ccc(C(=O)OC(C)C(=O)Nc3ccccc3C(F)(F)F)cc2[N+](=O)[O-])CC1. The maximum Gasteiger partial charge on any atom is 0.418 e. The highest BCUT2D eigenvalue weighted by Gasteiger charge is 2.34. The summed E-state index contributed by atoms with van der Waals surface area (Å²) in [4.78, 5) is 37.8. The number of nitro benzene ring substituents is 1. The summed E-state index contributed by atoms with van der Waals surface area (Å²) in [6.07, 6.45) is -4.34. The molecule has 2 aromatic rings. The molecule has 1 amide bonds. The van der Waals surface area contributed by atoms with E-state index in [0.717, 1.165) is 31.0 Å². The highest BCUT2D eigenvalue weighted by molar-refractivity contribution is 5.98. The molecule has 1 unspecified atom stereocenters. The molecule has 182 valence electrons. The van der Waals surface area contributed by atoms with Crippen LogP contribution in [0.3, 0.4) is 0 Å². The van der Waals surface area contributed by atoms with Crippen LogP contribution in [0.15, 0.2) is 42.5 Å². The zero-order valence-electron chi connectivity index (χ0n) is 18.6. The predicted molar refractivity (Wildman–Crippen MR) is 119 cm³/mol. The van der Waals surface area contributed by atoms with Crippen molar-refractivity contribution in [2.75, 3.05) is 23.3 Å². The van der Waals surface area contributed by atoms with Gasteiger partial charge < -0.3 is 15.0 Å². The number of ether oxygens (including phenoxy) is 1. The van der Waals surface area contributed by atoms with Crippen molar-refractivity contribution in [3.63, 3.8) is 0 Å². The van der Waals surface area contributed by atoms with Crippen LogP contribution in [-0.2, 0) is 15.7 Å². The first-order chi connectivity index (χ1) is 16.0. The number of anilines is 2. The Balaban J connectivity index is 1.72. The summed E-state index contributed by atoms with van der Waals surface area (Å²) in [7, 11) is 0. The van der Waals surface area contributed by atoms with E-state index in [0.29, 0.717) is 24.7 Å². The molecule has 1 N–H and O–H groups in total. The van der Waals surface area contributed by atoms with E-state index in [-0.39, 0.29) is 11.3 Å². The van der Waals surface area contributed by atoms with Crippen molar-refractivity contribution < 1.29 is 32.4 Å². The van der Waals surface area contributed by atoms with E-state index in [1.807, 2.05) is 4.90 Å². The summed E-state index contributed by atoms with van der Waals surface area (Å²) >= 11 is 0. The Morgan fingerprint density at radius 2 is 1.82 bits per heavy atom. The molecular weight excluding hydrogens is 455 g/mol. The van der Waals surface area contributed by atoms with Gasteiger partial charge in [-0.05, 0) is 49.9 Å². The number of para-hydroxylation sites is 1. The van der Waals surface area contributed by atoms with Gasteiger partial charge in [-0.15, -0.1) is 0 Å². The monoisotopic (exact) mass is 479 g/mol. The van der Waals surface area contributed by atoms with Crippen molar-refractivity contribution in [3.05, 3.63) is 63.7 Å². The largest absolute Gasteiger partial charge is 0.449 e. The second-order valence-electron chi connectivity index (χ2n) is 8.21. The van der Waals surface area contributed by atoms with Crippen LogP contribution in [0.1, 0.15) is 42.6 Å². The fourth-order valence-electron chi connectivity index (χ4n) is 3.67.